The maximum absolute atomic E-state index is 11.9. The third kappa shape index (κ3) is 6.71. The van der Waals surface area contributed by atoms with E-state index in [4.69, 9.17) is 0 Å². The minimum absolute atomic E-state index is 0.0930. The van der Waals surface area contributed by atoms with Gasteiger partial charge in [0.25, 0.3) is 11.8 Å². The Hall–Kier alpha value is -2.56. The van der Waals surface area contributed by atoms with Crippen LogP contribution in [-0.4, -0.2) is 64.2 Å². The van der Waals surface area contributed by atoms with Gasteiger partial charge in [0.2, 0.25) is 11.8 Å². The number of carbonyl (C=O) groups is 5. The highest BCUT2D eigenvalue weighted by Gasteiger charge is 2.42. The first kappa shape index (κ1) is 23.1. The van der Waals surface area contributed by atoms with E-state index in [0.29, 0.717) is 37.5 Å². The van der Waals surface area contributed by atoms with Gasteiger partial charge in [0, 0.05) is 42.5 Å². The molecule has 3 atom stereocenters. The van der Waals surface area contributed by atoms with E-state index in [2.05, 4.69) is 21.5 Å². The smallest absolute Gasteiger partial charge is 0.315 e. The summed E-state index contributed by atoms with van der Waals surface area (Å²) in [4.78, 5) is 59.1. The van der Waals surface area contributed by atoms with Crippen molar-refractivity contribution in [3.8, 4) is 0 Å². The summed E-state index contributed by atoms with van der Waals surface area (Å²) in [6.07, 6.45) is 7.62. The van der Waals surface area contributed by atoms with Crippen LogP contribution in [0.25, 0.3) is 0 Å². The second kappa shape index (κ2) is 11.2. The van der Waals surface area contributed by atoms with Crippen LogP contribution in [-0.2, 0) is 19.2 Å². The van der Waals surface area contributed by atoms with Crippen molar-refractivity contribution >= 4 is 41.4 Å². The topological polar surface area (TPSA) is 137 Å². The standard InChI is InChI=1S/C20H29N5O5S/c26-15(7-2-1-5-11-25-17(28)9-10-18(25)29)23-24-16(27)8-4-3-6-14-19-13(12-31-14)21-20(30)22-19/h9-10,13-14,19H,1-8,11-12H2,(H,23,26)(H,24,27)(H2,21,22,30)/t13-,14+,19-/m1/s1. The van der Waals surface area contributed by atoms with Gasteiger partial charge in [-0.25, -0.2) is 4.79 Å². The zero-order valence-corrected chi connectivity index (χ0v) is 18.2. The SMILES string of the molecule is O=C(CCCCCN1C(=O)C=CC1=O)NNC(=O)CCCC[C@@H]1SC[C@H]2NC(=O)N[C@@H]12. The van der Waals surface area contributed by atoms with Crippen LogP contribution in [0.15, 0.2) is 12.2 Å². The monoisotopic (exact) mass is 451 g/mol. The van der Waals surface area contributed by atoms with E-state index in [1.54, 1.807) is 0 Å². The fourth-order valence-corrected chi connectivity index (χ4v) is 5.47. The van der Waals surface area contributed by atoms with Gasteiger partial charge in [-0.2, -0.15) is 11.8 Å². The van der Waals surface area contributed by atoms with Crippen LogP contribution < -0.4 is 21.5 Å². The lowest BCUT2D eigenvalue weighted by Crippen LogP contribution is -2.41. The molecule has 2 saturated heterocycles. The molecular weight excluding hydrogens is 422 g/mol. The Kier molecular flexibility index (Phi) is 8.33. The predicted octanol–water partition coefficient (Wildman–Crippen LogP) is 0.345. The fraction of sp³-hybridized carbons (Fsp3) is 0.650. The van der Waals surface area contributed by atoms with E-state index >= 15 is 0 Å². The molecule has 6 amide bonds. The summed E-state index contributed by atoms with van der Waals surface area (Å²) in [5, 5.41) is 6.25. The predicted molar refractivity (Wildman–Crippen MR) is 115 cm³/mol. The number of amides is 6. The molecule has 0 radical (unpaired) electrons. The molecule has 0 aromatic rings. The van der Waals surface area contributed by atoms with E-state index in [1.807, 2.05) is 11.8 Å². The van der Waals surface area contributed by atoms with Gasteiger partial charge < -0.3 is 10.6 Å². The molecule has 10 nitrogen and oxygen atoms in total. The first-order valence-corrected chi connectivity index (χ1v) is 11.8. The van der Waals surface area contributed by atoms with Crippen LogP contribution in [0.4, 0.5) is 4.79 Å². The first-order valence-electron chi connectivity index (χ1n) is 10.7. The van der Waals surface area contributed by atoms with Crippen molar-refractivity contribution < 1.29 is 24.0 Å². The third-order valence-corrected chi connectivity index (χ3v) is 7.12. The van der Waals surface area contributed by atoms with Crippen molar-refractivity contribution in [3.05, 3.63) is 12.2 Å². The Bertz CT molecular complexity index is 740. The number of hydrazine groups is 1. The number of nitrogens with one attached hydrogen (secondary N) is 4. The highest BCUT2D eigenvalue weighted by atomic mass is 32.2. The number of urea groups is 1. The molecule has 0 spiro atoms. The van der Waals surface area contributed by atoms with Gasteiger partial charge in [-0.1, -0.05) is 12.8 Å². The number of fused-ring (bicyclic) bond motifs is 1. The Balaban J connectivity index is 1.16. The van der Waals surface area contributed by atoms with Crippen LogP contribution in [0, 0.1) is 0 Å². The van der Waals surface area contributed by atoms with E-state index in [0.717, 1.165) is 25.0 Å². The number of thioether (sulfide) groups is 1. The highest BCUT2D eigenvalue weighted by molar-refractivity contribution is 8.00. The summed E-state index contributed by atoms with van der Waals surface area (Å²) < 4.78 is 0. The third-order valence-electron chi connectivity index (χ3n) is 5.61. The van der Waals surface area contributed by atoms with Gasteiger partial charge in [-0.3, -0.25) is 34.9 Å². The van der Waals surface area contributed by atoms with Gasteiger partial charge >= 0.3 is 6.03 Å². The normalized spacial score (nSPS) is 24.2. The fourth-order valence-electron chi connectivity index (χ4n) is 3.92. The minimum Gasteiger partial charge on any atom is -0.332 e. The molecule has 11 heteroatoms. The molecule has 4 N–H and O–H groups in total. The minimum atomic E-state index is -0.293. The molecule has 3 aliphatic rings. The molecule has 0 aromatic heterocycles. The Morgan fingerprint density at radius 3 is 2.26 bits per heavy atom. The molecule has 170 valence electrons. The van der Waals surface area contributed by atoms with Crippen LogP contribution in [0.2, 0.25) is 0 Å². The van der Waals surface area contributed by atoms with Crippen LogP contribution in [0.5, 0.6) is 0 Å². The van der Waals surface area contributed by atoms with Gasteiger partial charge in [-0.05, 0) is 25.7 Å². The van der Waals surface area contributed by atoms with Crippen molar-refractivity contribution in [2.45, 2.75) is 68.7 Å². The van der Waals surface area contributed by atoms with Crippen LogP contribution in [0.1, 0.15) is 51.4 Å². The van der Waals surface area contributed by atoms with Crippen molar-refractivity contribution in [1.82, 2.24) is 26.4 Å². The number of hydrogen-bond acceptors (Lipinski definition) is 6. The molecular formula is C20H29N5O5S. The zero-order valence-electron chi connectivity index (χ0n) is 17.4. The average molecular weight is 452 g/mol. The highest BCUT2D eigenvalue weighted by Crippen LogP contribution is 2.33. The molecule has 0 aromatic carbocycles. The summed E-state index contributed by atoms with van der Waals surface area (Å²) >= 11 is 1.85. The lowest BCUT2D eigenvalue weighted by Gasteiger charge is -2.16. The Labute approximate surface area is 185 Å². The second-order valence-corrected chi connectivity index (χ2v) is 9.21. The van der Waals surface area contributed by atoms with E-state index in [1.165, 1.54) is 17.1 Å². The molecule has 0 bridgehead atoms. The Morgan fingerprint density at radius 1 is 0.935 bits per heavy atom. The number of nitrogens with zero attached hydrogens (tertiary/aromatic N) is 1. The van der Waals surface area contributed by atoms with Crippen molar-refractivity contribution in [3.63, 3.8) is 0 Å². The lowest BCUT2D eigenvalue weighted by atomic mass is 10.0. The maximum Gasteiger partial charge on any atom is 0.315 e. The summed E-state index contributed by atoms with van der Waals surface area (Å²) in [6.45, 7) is 0.354. The lowest BCUT2D eigenvalue weighted by molar-refractivity contribution is -0.137. The maximum atomic E-state index is 11.9. The zero-order chi connectivity index (χ0) is 22.2. The molecule has 3 heterocycles. The van der Waals surface area contributed by atoms with Gasteiger partial charge in [0.15, 0.2) is 0 Å². The number of imide groups is 1. The first-order chi connectivity index (χ1) is 14.9. The molecule has 0 saturated carbocycles. The molecule has 31 heavy (non-hydrogen) atoms. The second-order valence-electron chi connectivity index (χ2n) is 7.94. The number of carbonyl (C=O) groups excluding carboxylic acids is 5. The van der Waals surface area contributed by atoms with Gasteiger partial charge in [0.1, 0.15) is 0 Å². The molecule has 3 rings (SSSR count). The van der Waals surface area contributed by atoms with Crippen molar-refractivity contribution in [2.24, 2.45) is 0 Å². The summed E-state index contributed by atoms with van der Waals surface area (Å²) in [7, 11) is 0. The summed E-state index contributed by atoms with van der Waals surface area (Å²) in [5.41, 5.74) is 4.85. The van der Waals surface area contributed by atoms with Gasteiger partial charge in [0.05, 0.1) is 12.1 Å². The molecule has 2 fully saturated rings. The number of hydrogen-bond donors (Lipinski definition) is 4. The molecule has 0 aliphatic carbocycles. The van der Waals surface area contributed by atoms with Crippen molar-refractivity contribution in [2.75, 3.05) is 12.3 Å². The van der Waals surface area contributed by atoms with E-state index in [9.17, 15) is 24.0 Å². The quantitative estimate of drug-likeness (QED) is 0.155. The van der Waals surface area contributed by atoms with Crippen LogP contribution in [0.3, 0.4) is 0 Å². The van der Waals surface area contributed by atoms with E-state index in [-0.39, 0.29) is 48.2 Å². The summed E-state index contributed by atoms with van der Waals surface area (Å²) in [6, 6.07) is 0.298. The number of rotatable bonds is 11. The van der Waals surface area contributed by atoms with E-state index < -0.39 is 0 Å². The van der Waals surface area contributed by atoms with Crippen LogP contribution >= 0.6 is 11.8 Å². The molecule has 3 aliphatic heterocycles. The molecule has 0 unspecified atom stereocenters. The summed E-state index contributed by atoms with van der Waals surface area (Å²) in [5.74, 6) is -0.148. The van der Waals surface area contributed by atoms with Gasteiger partial charge in [-0.15, -0.1) is 0 Å². The largest absolute Gasteiger partial charge is 0.332 e. The average Bonchev–Trinajstić information content (AvgIpc) is 3.39. The Morgan fingerprint density at radius 2 is 1.58 bits per heavy atom. The number of unbranched alkanes of at least 4 members (excludes halogenated alkanes) is 3. The van der Waals surface area contributed by atoms with Crippen molar-refractivity contribution in [1.29, 1.82) is 0 Å².